The first-order valence-corrected chi connectivity index (χ1v) is 9.01. The molecule has 1 atom stereocenters. The number of hydrogen-bond acceptors (Lipinski definition) is 3. The number of fused-ring (bicyclic) bond motifs is 1. The van der Waals surface area contributed by atoms with Crippen molar-refractivity contribution < 1.29 is 9.90 Å². The number of thiophene rings is 1. The molecule has 1 heterocycles. The minimum absolute atomic E-state index is 0.134. The fourth-order valence-electron chi connectivity index (χ4n) is 4.34. The van der Waals surface area contributed by atoms with Crippen LogP contribution in [0, 0.1) is 0 Å². The second-order valence-corrected chi connectivity index (χ2v) is 7.67. The molecule has 0 aliphatic heterocycles. The summed E-state index contributed by atoms with van der Waals surface area (Å²) in [7, 11) is 2.17. The molecule has 2 aliphatic carbocycles. The highest BCUT2D eigenvalue weighted by molar-refractivity contribution is 7.10. The Morgan fingerprint density at radius 3 is 2.86 bits per heavy atom. The molecule has 1 fully saturated rings. The second-order valence-electron chi connectivity index (χ2n) is 6.67. The molecule has 0 radical (unpaired) electrons. The molecule has 0 spiro atoms. The molecule has 1 unspecified atom stereocenters. The average Bonchev–Trinajstić information content (AvgIpc) is 2.95. The number of rotatable bonds is 4. The topological polar surface area (TPSA) is 40.5 Å². The summed E-state index contributed by atoms with van der Waals surface area (Å²) in [6.45, 7) is 0. The maximum Gasteiger partial charge on any atom is 0.305 e. The predicted octanol–water partition coefficient (Wildman–Crippen LogP) is 4.23. The van der Waals surface area contributed by atoms with Crippen LogP contribution in [0.2, 0.25) is 0 Å². The number of carbonyl (C=O) groups is 1. The lowest BCUT2D eigenvalue weighted by Gasteiger charge is -2.48. The first-order valence-electron chi connectivity index (χ1n) is 8.13. The van der Waals surface area contributed by atoms with Crippen LogP contribution >= 0.6 is 11.3 Å². The van der Waals surface area contributed by atoms with Crippen molar-refractivity contribution in [2.45, 2.75) is 69.4 Å². The van der Waals surface area contributed by atoms with Crippen molar-refractivity contribution in [3.05, 3.63) is 21.9 Å². The van der Waals surface area contributed by atoms with Crippen LogP contribution in [0.3, 0.4) is 0 Å². The molecule has 0 bridgehead atoms. The molecular weight excluding hydrogens is 282 g/mol. The molecule has 3 nitrogen and oxygen atoms in total. The van der Waals surface area contributed by atoms with E-state index in [0.717, 1.165) is 12.8 Å². The van der Waals surface area contributed by atoms with Crippen LogP contribution in [0.15, 0.2) is 11.4 Å². The second kappa shape index (κ2) is 6.09. The molecule has 1 N–H and O–H groups in total. The smallest absolute Gasteiger partial charge is 0.305 e. The van der Waals surface area contributed by atoms with E-state index >= 15 is 0 Å². The van der Waals surface area contributed by atoms with E-state index in [0.29, 0.717) is 12.5 Å². The Labute approximate surface area is 131 Å². The molecule has 4 heteroatoms. The standard InChI is InChI=1S/C17H25NO2S/c1-18(14-6-5-7-15-13(14)8-11-21-15)17(12-16(19)20)9-3-2-4-10-17/h8,11,14H,2-7,9-10,12H2,1H3,(H,19,20). The van der Waals surface area contributed by atoms with Crippen LogP contribution in [0.4, 0.5) is 0 Å². The number of nitrogens with zero attached hydrogens (tertiary/aromatic N) is 1. The van der Waals surface area contributed by atoms with Gasteiger partial charge in [-0.25, -0.2) is 0 Å². The van der Waals surface area contributed by atoms with Gasteiger partial charge in [-0.2, -0.15) is 0 Å². The molecule has 116 valence electrons. The van der Waals surface area contributed by atoms with Gasteiger partial charge in [0.25, 0.3) is 0 Å². The van der Waals surface area contributed by atoms with Gasteiger partial charge in [0.05, 0.1) is 6.42 Å². The lowest BCUT2D eigenvalue weighted by molar-refractivity contribution is -0.141. The zero-order valence-electron chi connectivity index (χ0n) is 12.8. The molecule has 2 aliphatic rings. The van der Waals surface area contributed by atoms with Crippen molar-refractivity contribution in [3.63, 3.8) is 0 Å². The Balaban J connectivity index is 1.88. The molecule has 3 rings (SSSR count). The Hall–Kier alpha value is -0.870. The first kappa shape index (κ1) is 15.0. The first-order chi connectivity index (χ1) is 10.1. The van der Waals surface area contributed by atoms with Gasteiger partial charge < -0.3 is 5.11 Å². The number of aliphatic carboxylic acids is 1. The molecule has 0 amide bonds. The molecule has 21 heavy (non-hydrogen) atoms. The van der Waals surface area contributed by atoms with Gasteiger partial charge in [-0.05, 0) is 56.2 Å². The Kier molecular flexibility index (Phi) is 4.36. The van der Waals surface area contributed by atoms with Crippen molar-refractivity contribution in [3.8, 4) is 0 Å². The van der Waals surface area contributed by atoms with Crippen molar-refractivity contribution >= 4 is 17.3 Å². The third-order valence-electron chi connectivity index (χ3n) is 5.50. The van der Waals surface area contributed by atoms with Crippen LogP contribution in [0.1, 0.15) is 67.8 Å². The monoisotopic (exact) mass is 307 g/mol. The van der Waals surface area contributed by atoms with Gasteiger partial charge in [0, 0.05) is 16.5 Å². The van der Waals surface area contributed by atoms with Crippen LogP contribution in [0.5, 0.6) is 0 Å². The summed E-state index contributed by atoms with van der Waals surface area (Å²) in [6, 6.07) is 2.68. The average molecular weight is 307 g/mol. The number of carboxylic acids is 1. The summed E-state index contributed by atoms with van der Waals surface area (Å²) in [5.41, 5.74) is 1.33. The summed E-state index contributed by atoms with van der Waals surface area (Å²) in [5.74, 6) is -0.648. The summed E-state index contributed by atoms with van der Waals surface area (Å²) >= 11 is 1.86. The quantitative estimate of drug-likeness (QED) is 0.904. The zero-order valence-corrected chi connectivity index (χ0v) is 13.6. The van der Waals surface area contributed by atoms with Gasteiger partial charge in [0.15, 0.2) is 0 Å². The van der Waals surface area contributed by atoms with Crippen LogP contribution in [0.25, 0.3) is 0 Å². The highest BCUT2D eigenvalue weighted by Gasteiger charge is 2.42. The van der Waals surface area contributed by atoms with Crippen molar-refractivity contribution in [2.75, 3.05) is 7.05 Å². The summed E-state index contributed by atoms with van der Waals surface area (Å²) in [4.78, 5) is 15.4. The third kappa shape index (κ3) is 2.88. The SMILES string of the molecule is CN(C1CCCc2sccc21)C1(CC(=O)O)CCCCC1. The molecule has 1 saturated carbocycles. The summed E-state index contributed by atoms with van der Waals surface area (Å²) in [5, 5.41) is 11.6. The van der Waals surface area contributed by atoms with Gasteiger partial charge >= 0.3 is 5.97 Å². The fraction of sp³-hybridized carbons (Fsp3) is 0.706. The van der Waals surface area contributed by atoms with E-state index in [4.69, 9.17) is 0 Å². The molecule has 1 aromatic rings. The van der Waals surface area contributed by atoms with Crippen LogP contribution in [-0.2, 0) is 11.2 Å². The summed E-state index contributed by atoms with van der Waals surface area (Å²) < 4.78 is 0. The van der Waals surface area contributed by atoms with E-state index in [9.17, 15) is 9.90 Å². The maximum atomic E-state index is 11.4. The third-order valence-corrected chi connectivity index (χ3v) is 6.50. The zero-order chi connectivity index (χ0) is 14.9. The highest BCUT2D eigenvalue weighted by Crippen LogP contribution is 2.44. The predicted molar refractivity (Wildman–Crippen MR) is 85.8 cm³/mol. The maximum absolute atomic E-state index is 11.4. The minimum atomic E-state index is -0.648. The van der Waals surface area contributed by atoms with E-state index in [1.165, 1.54) is 49.0 Å². The van der Waals surface area contributed by atoms with Crippen LogP contribution < -0.4 is 0 Å². The Morgan fingerprint density at radius 2 is 2.14 bits per heavy atom. The molecule has 0 aromatic carbocycles. The van der Waals surface area contributed by atoms with E-state index in [1.54, 1.807) is 0 Å². The van der Waals surface area contributed by atoms with Crippen molar-refractivity contribution in [1.82, 2.24) is 4.90 Å². The highest BCUT2D eigenvalue weighted by atomic mass is 32.1. The van der Waals surface area contributed by atoms with E-state index in [-0.39, 0.29) is 5.54 Å². The van der Waals surface area contributed by atoms with Gasteiger partial charge in [0.1, 0.15) is 0 Å². The van der Waals surface area contributed by atoms with Gasteiger partial charge in [0.2, 0.25) is 0 Å². The van der Waals surface area contributed by atoms with E-state index in [2.05, 4.69) is 23.4 Å². The largest absolute Gasteiger partial charge is 0.481 e. The lowest BCUT2D eigenvalue weighted by atomic mass is 9.76. The normalized spacial score (nSPS) is 24.8. The Morgan fingerprint density at radius 1 is 1.38 bits per heavy atom. The van der Waals surface area contributed by atoms with E-state index < -0.39 is 5.97 Å². The van der Waals surface area contributed by atoms with Crippen molar-refractivity contribution in [2.24, 2.45) is 0 Å². The van der Waals surface area contributed by atoms with Gasteiger partial charge in [-0.15, -0.1) is 11.3 Å². The number of aryl methyl sites for hydroxylation is 1. The fourth-order valence-corrected chi connectivity index (χ4v) is 5.32. The lowest BCUT2D eigenvalue weighted by Crippen LogP contribution is -2.51. The Bertz CT molecular complexity index is 505. The number of hydrogen-bond donors (Lipinski definition) is 1. The number of carboxylic acid groups (broad SMARTS) is 1. The minimum Gasteiger partial charge on any atom is -0.481 e. The summed E-state index contributed by atoms with van der Waals surface area (Å²) in [6.07, 6.45) is 9.54. The van der Waals surface area contributed by atoms with E-state index in [1.807, 2.05) is 11.3 Å². The van der Waals surface area contributed by atoms with Crippen LogP contribution in [-0.4, -0.2) is 28.6 Å². The van der Waals surface area contributed by atoms with Gasteiger partial charge in [-0.1, -0.05) is 19.3 Å². The molecule has 0 saturated heterocycles. The van der Waals surface area contributed by atoms with Crippen molar-refractivity contribution in [1.29, 1.82) is 0 Å². The molecular formula is C17H25NO2S. The molecule has 1 aromatic heterocycles. The van der Waals surface area contributed by atoms with Gasteiger partial charge in [-0.3, -0.25) is 9.69 Å².